The number of carbonyl (C=O) groups excluding carboxylic acids is 1. The fourth-order valence-electron chi connectivity index (χ4n) is 2.61. The SMILES string of the molecule is COC(=O)c1nc(NCCCCN(C)C)sc1CCCOc1ccc(I)cc1F. The molecule has 0 amide bonds. The standard InChI is InChI=1S/C20H27FIN3O3S/c1-25(2)11-5-4-10-23-20-24-18(19(26)27-3)17(29-20)7-6-12-28-16-9-8-14(22)13-15(16)21/h8-9,13H,4-7,10-12H2,1-3H3,(H,23,24). The van der Waals surface area contributed by atoms with E-state index >= 15 is 0 Å². The number of methoxy groups -OCH3 is 1. The molecular formula is C20H27FIN3O3S. The van der Waals surface area contributed by atoms with Crippen LogP contribution in [0.3, 0.4) is 0 Å². The Morgan fingerprint density at radius 1 is 1.31 bits per heavy atom. The van der Waals surface area contributed by atoms with Gasteiger partial charge in [0.2, 0.25) is 0 Å². The van der Waals surface area contributed by atoms with Gasteiger partial charge in [-0.2, -0.15) is 0 Å². The number of ether oxygens (including phenoxy) is 2. The highest BCUT2D eigenvalue weighted by Gasteiger charge is 2.18. The van der Waals surface area contributed by atoms with Crippen molar-refractivity contribution in [2.75, 3.05) is 46.2 Å². The number of aromatic nitrogens is 1. The maximum atomic E-state index is 13.8. The summed E-state index contributed by atoms with van der Waals surface area (Å²) in [5.41, 5.74) is 0.341. The lowest BCUT2D eigenvalue weighted by molar-refractivity contribution is 0.0593. The first-order valence-corrected chi connectivity index (χ1v) is 11.3. The molecule has 1 heterocycles. The molecule has 1 N–H and O–H groups in total. The van der Waals surface area contributed by atoms with E-state index in [2.05, 4.69) is 51.9 Å². The number of halogens is 2. The van der Waals surface area contributed by atoms with Gasteiger partial charge in [-0.1, -0.05) is 0 Å². The molecule has 0 atom stereocenters. The normalized spacial score (nSPS) is 11.0. The van der Waals surface area contributed by atoms with E-state index in [0.29, 0.717) is 25.1 Å². The summed E-state index contributed by atoms with van der Waals surface area (Å²) in [6, 6.07) is 4.86. The van der Waals surface area contributed by atoms with Gasteiger partial charge in [0.15, 0.2) is 22.4 Å². The Kier molecular flexibility index (Phi) is 10.1. The lowest BCUT2D eigenvalue weighted by Crippen LogP contribution is -2.14. The Bertz CT molecular complexity index is 801. The van der Waals surface area contributed by atoms with Gasteiger partial charge in [0, 0.05) is 15.0 Å². The van der Waals surface area contributed by atoms with E-state index in [0.717, 1.165) is 39.5 Å². The molecule has 6 nitrogen and oxygen atoms in total. The molecule has 1 aromatic heterocycles. The van der Waals surface area contributed by atoms with Crippen molar-refractivity contribution in [3.63, 3.8) is 0 Å². The molecule has 0 saturated heterocycles. The zero-order valence-electron chi connectivity index (χ0n) is 17.0. The van der Waals surface area contributed by atoms with E-state index in [9.17, 15) is 9.18 Å². The van der Waals surface area contributed by atoms with Crippen molar-refractivity contribution >= 4 is 45.0 Å². The highest BCUT2D eigenvalue weighted by atomic mass is 127. The second kappa shape index (κ2) is 12.3. The van der Waals surface area contributed by atoms with Crippen molar-refractivity contribution in [2.45, 2.75) is 25.7 Å². The fraction of sp³-hybridized carbons (Fsp3) is 0.500. The van der Waals surface area contributed by atoms with Crippen molar-refractivity contribution in [3.8, 4) is 5.75 Å². The van der Waals surface area contributed by atoms with Gasteiger partial charge in [-0.3, -0.25) is 0 Å². The zero-order chi connectivity index (χ0) is 21.2. The van der Waals surface area contributed by atoms with Crippen LogP contribution in [-0.4, -0.2) is 56.8 Å². The summed E-state index contributed by atoms with van der Waals surface area (Å²) >= 11 is 3.51. The van der Waals surface area contributed by atoms with E-state index in [4.69, 9.17) is 9.47 Å². The number of nitrogens with zero attached hydrogens (tertiary/aromatic N) is 2. The summed E-state index contributed by atoms with van der Waals surface area (Å²) in [6.07, 6.45) is 3.36. The van der Waals surface area contributed by atoms with Crippen molar-refractivity contribution in [1.29, 1.82) is 0 Å². The van der Waals surface area contributed by atoms with E-state index in [1.807, 2.05) is 0 Å². The molecule has 0 aliphatic carbocycles. The van der Waals surface area contributed by atoms with Crippen molar-refractivity contribution in [1.82, 2.24) is 9.88 Å². The van der Waals surface area contributed by atoms with E-state index in [1.165, 1.54) is 24.5 Å². The molecule has 2 aromatic rings. The van der Waals surface area contributed by atoms with E-state index in [-0.39, 0.29) is 11.6 Å². The molecule has 160 valence electrons. The number of hydrogen-bond acceptors (Lipinski definition) is 7. The fourth-order valence-corrected chi connectivity index (χ4v) is 4.08. The summed E-state index contributed by atoms with van der Waals surface area (Å²) in [7, 11) is 5.46. The molecule has 0 aliphatic heterocycles. The third-order valence-electron chi connectivity index (χ3n) is 4.08. The smallest absolute Gasteiger partial charge is 0.357 e. The summed E-state index contributed by atoms with van der Waals surface area (Å²) in [4.78, 5) is 19.4. The van der Waals surface area contributed by atoms with Crippen LogP contribution in [0.4, 0.5) is 9.52 Å². The minimum atomic E-state index is -0.443. The van der Waals surface area contributed by atoms with Gasteiger partial charge in [-0.15, -0.1) is 11.3 Å². The van der Waals surface area contributed by atoms with Gasteiger partial charge in [0.1, 0.15) is 0 Å². The van der Waals surface area contributed by atoms with Gasteiger partial charge < -0.3 is 19.7 Å². The highest BCUT2D eigenvalue weighted by molar-refractivity contribution is 14.1. The van der Waals surface area contributed by atoms with Crippen LogP contribution in [0, 0.1) is 9.39 Å². The van der Waals surface area contributed by atoms with Gasteiger partial charge in [-0.05, 0) is 87.1 Å². The minimum Gasteiger partial charge on any atom is -0.491 e. The Morgan fingerprint density at radius 2 is 2.10 bits per heavy atom. The van der Waals surface area contributed by atoms with E-state index in [1.54, 1.807) is 12.1 Å². The van der Waals surface area contributed by atoms with Crippen LogP contribution in [0.5, 0.6) is 5.75 Å². The number of hydrogen-bond donors (Lipinski definition) is 1. The lowest BCUT2D eigenvalue weighted by atomic mass is 10.2. The average Bonchev–Trinajstić information content (AvgIpc) is 3.08. The molecule has 29 heavy (non-hydrogen) atoms. The first-order valence-electron chi connectivity index (χ1n) is 9.45. The van der Waals surface area contributed by atoms with Crippen LogP contribution in [0.25, 0.3) is 0 Å². The number of aryl methyl sites for hydroxylation is 1. The molecule has 0 aliphatic rings. The van der Waals surface area contributed by atoms with E-state index < -0.39 is 5.97 Å². The van der Waals surface area contributed by atoms with Crippen molar-refractivity contribution in [2.24, 2.45) is 0 Å². The number of rotatable bonds is 12. The Labute approximate surface area is 188 Å². The van der Waals surface area contributed by atoms with Gasteiger partial charge in [0.25, 0.3) is 0 Å². The van der Waals surface area contributed by atoms with Crippen molar-refractivity contribution in [3.05, 3.63) is 38.2 Å². The number of benzene rings is 1. The molecule has 9 heteroatoms. The largest absolute Gasteiger partial charge is 0.491 e. The summed E-state index contributed by atoms with van der Waals surface area (Å²) < 4.78 is 25.0. The molecule has 0 saturated carbocycles. The number of nitrogens with one attached hydrogen (secondary N) is 1. The molecule has 0 bridgehead atoms. The van der Waals surface area contributed by atoms with Gasteiger partial charge >= 0.3 is 5.97 Å². The van der Waals surface area contributed by atoms with Crippen LogP contribution < -0.4 is 10.1 Å². The predicted octanol–water partition coefficient (Wildman–Crippen LogP) is 4.44. The maximum Gasteiger partial charge on any atom is 0.357 e. The Balaban J connectivity index is 1.87. The molecule has 2 rings (SSSR count). The molecule has 1 aromatic carbocycles. The number of carbonyl (C=O) groups is 1. The highest BCUT2D eigenvalue weighted by Crippen LogP contribution is 2.26. The molecule has 0 fully saturated rings. The lowest BCUT2D eigenvalue weighted by Gasteiger charge is -2.08. The molecule has 0 unspecified atom stereocenters. The molecular weight excluding hydrogens is 508 g/mol. The Morgan fingerprint density at radius 3 is 2.79 bits per heavy atom. The van der Waals surface area contributed by atoms with Gasteiger partial charge in [0.05, 0.1) is 13.7 Å². The number of thiazole rings is 1. The monoisotopic (exact) mass is 535 g/mol. The summed E-state index contributed by atoms with van der Waals surface area (Å²) in [5, 5.41) is 4.00. The average molecular weight is 535 g/mol. The topological polar surface area (TPSA) is 63.7 Å². The van der Waals surface area contributed by atoms with Crippen LogP contribution in [0.1, 0.15) is 34.6 Å². The number of unbranched alkanes of at least 4 members (excludes halogenated alkanes) is 1. The molecule has 0 spiro atoms. The minimum absolute atomic E-state index is 0.239. The third-order valence-corrected chi connectivity index (χ3v) is 5.83. The maximum absolute atomic E-state index is 13.8. The Hall–Kier alpha value is -1.46. The second-order valence-electron chi connectivity index (χ2n) is 6.75. The van der Waals surface area contributed by atoms with Gasteiger partial charge in [-0.25, -0.2) is 14.2 Å². The van der Waals surface area contributed by atoms with Crippen LogP contribution >= 0.6 is 33.9 Å². The zero-order valence-corrected chi connectivity index (χ0v) is 19.9. The quantitative estimate of drug-likeness (QED) is 0.247. The van der Waals surface area contributed by atoms with Crippen molar-refractivity contribution < 1.29 is 18.7 Å². The summed E-state index contributed by atoms with van der Waals surface area (Å²) in [5.74, 6) is -0.574. The molecule has 0 radical (unpaired) electrons. The number of esters is 1. The predicted molar refractivity (Wildman–Crippen MR) is 123 cm³/mol. The number of anilines is 1. The van der Waals surface area contributed by atoms with Crippen LogP contribution in [0.15, 0.2) is 18.2 Å². The van der Waals surface area contributed by atoms with Crippen LogP contribution in [-0.2, 0) is 11.2 Å². The second-order valence-corrected chi connectivity index (χ2v) is 9.08. The first-order chi connectivity index (χ1) is 13.9. The first kappa shape index (κ1) is 23.8. The van der Waals surface area contributed by atoms with Crippen LogP contribution in [0.2, 0.25) is 0 Å². The summed E-state index contributed by atoms with van der Waals surface area (Å²) in [6.45, 7) is 2.19. The third kappa shape index (κ3) is 8.06.